The minimum absolute atomic E-state index is 0.750. The van der Waals surface area contributed by atoms with Gasteiger partial charge in [0.15, 0.2) is 0 Å². The van der Waals surface area contributed by atoms with Crippen molar-refractivity contribution in [3.63, 3.8) is 0 Å². The van der Waals surface area contributed by atoms with Crippen LogP contribution >= 0.6 is 0 Å². The Morgan fingerprint density at radius 2 is 1.35 bits per heavy atom. The third-order valence-electron chi connectivity index (χ3n) is 1.64. The van der Waals surface area contributed by atoms with Crippen LogP contribution < -0.4 is 0 Å². The minimum Gasteiger partial charge on any atom is -0.351 e. The zero-order valence-corrected chi connectivity index (χ0v) is 11.3. The van der Waals surface area contributed by atoms with Gasteiger partial charge in [-0.1, -0.05) is 24.3 Å². The van der Waals surface area contributed by atoms with E-state index in [9.17, 15) is 4.79 Å². The van der Waals surface area contributed by atoms with Crippen LogP contribution in [-0.4, -0.2) is 33.8 Å². The molecule has 0 aliphatic heterocycles. The first kappa shape index (κ1) is 17.7. The van der Waals surface area contributed by atoms with Gasteiger partial charge in [-0.2, -0.15) is 13.2 Å². The summed E-state index contributed by atoms with van der Waals surface area (Å²) in [6, 6.07) is 8.36. The molecule has 1 N–H and O–H groups in total. The molecule has 0 bridgehead atoms. The second-order valence-electron chi connectivity index (χ2n) is 3.39. The van der Waals surface area contributed by atoms with Crippen LogP contribution in [0.2, 0.25) is 0 Å². The molecule has 0 saturated heterocycles. The first-order valence-electron chi connectivity index (χ1n) is 4.75. The Balaban J connectivity index is 0. The van der Waals surface area contributed by atoms with Crippen molar-refractivity contribution in [1.29, 1.82) is 4.78 Å². The van der Waals surface area contributed by atoms with E-state index in [-0.39, 0.29) is 0 Å². The van der Waals surface area contributed by atoms with Crippen LogP contribution in [0.15, 0.2) is 24.3 Å². The molecule has 1 rings (SSSR count). The number of amides is 1. The minimum atomic E-state index is -2.61. The molecule has 17 heavy (non-hydrogen) atoms. The average molecular weight is 258 g/mol. The number of benzene rings is 1. The molecule has 0 aliphatic rings. The van der Waals surface area contributed by atoms with E-state index in [0.29, 0.717) is 0 Å². The SMILES string of the molecule is CN(C)C=O.Cc1ccccc1C.N=S(=O)=O. The van der Waals surface area contributed by atoms with Gasteiger partial charge in [-0.15, -0.1) is 0 Å². The first-order chi connectivity index (χ1) is 7.81. The standard InChI is InChI=1S/C8H10.C3H7NO.HNO2S/c1-7-5-3-4-6-8(7)2;1-4(2)3-5;1-4(2)3/h3-6H,1-2H3;3H,1-2H3;1H. The van der Waals surface area contributed by atoms with Crippen LogP contribution in [0.3, 0.4) is 0 Å². The van der Waals surface area contributed by atoms with Crippen LogP contribution in [0.5, 0.6) is 0 Å². The summed E-state index contributed by atoms with van der Waals surface area (Å²) < 4.78 is 22.8. The van der Waals surface area contributed by atoms with Gasteiger partial charge in [0.05, 0.1) is 0 Å². The molecular weight excluding hydrogens is 240 g/mol. The maximum Gasteiger partial charge on any atom is 0.308 e. The molecule has 0 aromatic heterocycles. The summed E-state index contributed by atoms with van der Waals surface area (Å²) in [6.07, 6.45) is 0.750. The maximum atomic E-state index is 9.43. The monoisotopic (exact) mass is 258 g/mol. The molecule has 0 atom stereocenters. The summed E-state index contributed by atoms with van der Waals surface area (Å²) in [5.41, 5.74) is 2.74. The normalized spacial score (nSPS) is 7.76. The van der Waals surface area contributed by atoms with Gasteiger partial charge in [0.25, 0.3) is 0 Å². The number of hydrogen-bond donors (Lipinski definition) is 1. The number of rotatable bonds is 1. The molecule has 96 valence electrons. The molecule has 0 radical (unpaired) electrons. The van der Waals surface area contributed by atoms with Crippen molar-refractivity contribution >= 4 is 16.9 Å². The lowest BCUT2D eigenvalue weighted by Crippen LogP contribution is -2.06. The fourth-order valence-electron chi connectivity index (χ4n) is 0.663. The van der Waals surface area contributed by atoms with Crippen LogP contribution in [0.25, 0.3) is 0 Å². The lowest BCUT2D eigenvalue weighted by molar-refractivity contribution is -0.115. The van der Waals surface area contributed by atoms with Gasteiger partial charge in [-0.25, -0.2) is 0 Å². The van der Waals surface area contributed by atoms with E-state index in [1.165, 1.54) is 16.0 Å². The van der Waals surface area contributed by atoms with Crippen molar-refractivity contribution in [2.75, 3.05) is 14.1 Å². The van der Waals surface area contributed by atoms with Gasteiger partial charge in [0, 0.05) is 14.1 Å². The molecule has 1 amide bonds. The molecule has 6 heteroatoms. The van der Waals surface area contributed by atoms with E-state index in [4.69, 9.17) is 13.2 Å². The van der Waals surface area contributed by atoms with E-state index in [1.807, 2.05) is 0 Å². The Morgan fingerprint density at radius 3 is 1.47 bits per heavy atom. The molecule has 0 aliphatic carbocycles. The van der Waals surface area contributed by atoms with Gasteiger partial charge in [0.2, 0.25) is 6.41 Å². The predicted molar refractivity (Wildman–Crippen MR) is 67.3 cm³/mol. The van der Waals surface area contributed by atoms with E-state index in [1.54, 1.807) is 14.1 Å². The number of nitrogens with zero attached hydrogens (tertiary/aromatic N) is 1. The molecule has 1 aromatic rings. The third kappa shape index (κ3) is 17.0. The predicted octanol–water partition coefficient (Wildman–Crippen LogP) is 1.64. The summed E-state index contributed by atoms with van der Waals surface area (Å²) in [6.45, 7) is 4.24. The van der Waals surface area contributed by atoms with Crippen molar-refractivity contribution in [3.05, 3.63) is 35.4 Å². The Hall–Kier alpha value is -1.69. The number of carbonyl (C=O) groups excluding carboxylic acids is 1. The summed E-state index contributed by atoms with van der Waals surface area (Å²) in [7, 11) is 0.764. The number of hydrogen-bond acceptors (Lipinski definition) is 4. The second-order valence-corrected chi connectivity index (χ2v) is 3.86. The van der Waals surface area contributed by atoms with E-state index >= 15 is 0 Å². The van der Waals surface area contributed by atoms with Gasteiger partial charge >= 0.3 is 10.5 Å². The van der Waals surface area contributed by atoms with Crippen molar-refractivity contribution in [1.82, 2.24) is 4.90 Å². The highest BCUT2D eigenvalue weighted by Gasteiger charge is 1.83. The highest BCUT2D eigenvalue weighted by molar-refractivity contribution is 7.60. The summed E-state index contributed by atoms with van der Waals surface area (Å²) >= 11 is 0. The Labute approximate surface area is 104 Å². The molecular formula is C11H18N2O3S. The molecule has 0 saturated carbocycles. The van der Waals surface area contributed by atoms with Crippen molar-refractivity contribution < 1.29 is 13.2 Å². The van der Waals surface area contributed by atoms with E-state index < -0.39 is 10.5 Å². The summed E-state index contributed by atoms with van der Waals surface area (Å²) in [5.74, 6) is 0. The van der Waals surface area contributed by atoms with Crippen LogP contribution in [-0.2, 0) is 15.3 Å². The average Bonchev–Trinajstić information content (AvgIpc) is 2.22. The molecule has 0 heterocycles. The second kappa shape index (κ2) is 10.8. The molecule has 0 fully saturated rings. The van der Waals surface area contributed by atoms with Gasteiger partial charge in [-0.05, 0) is 25.0 Å². The Morgan fingerprint density at radius 1 is 1.12 bits per heavy atom. The number of carbonyl (C=O) groups is 1. The molecule has 0 unspecified atom stereocenters. The van der Waals surface area contributed by atoms with Crippen molar-refractivity contribution in [3.8, 4) is 0 Å². The Kier molecular flexibility index (Phi) is 11.3. The smallest absolute Gasteiger partial charge is 0.308 e. The van der Waals surface area contributed by atoms with E-state index in [0.717, 1.165) is 6.41 Å². The van der Waals surface area contributed by atoms with Gasteiger partial charge in [0.1, 0.15) is 0 Å². The summed E-state index contributed by atoms with van der Waals surface area (Å²) in [5, 5.41) is 0. The zero-order chi connectivity index (χ0) is 13.8. The van der Waals surface area contributed by atoms with Crippen molar-refractivity contribution in [2.24, 2.45) is 0 Å². The fourth-order valence-corrected chi connectivity index (χ4v) is 0.663. The first-order valence-corrected chi connectivity index (χ1v) is 5.83. The fraction of sp³-hybridized carbons (Fsp3) is 0.364. The van der Waals surface area contributed by atoms with E-state index in [2.05, 4.69) is 38.1 Å². The lowest BCUT2D eigenvalue weighted by Gasteiger charge is -1.93. The largest absolute Gasteiger partial charge is 0.351 e. The van der Waals surface area contributed by atoms with Crippen LogP contribution in [0, 0.1) is 18.6 Å². The maximum absolute atomic E-state index is 9.43. The highest BCUT2D eigenvalue weighted by atomic mass is 32.2. The number of nitrogens with one attached hydrogen (secondary N) is 1. The summed E-state index contributed by atoms with van der Waals surface area (Å²) in [4.78, 5) is 10.9. The number of aryl methyl sites for hydroxylation is 2. The molecule has 0 spiro atoms. The third-order valence-corrected chi connectivity index (χ3v) is 1.64. The van der Waals surface area contributed by atoms with Crippen molar-refractivity contribution in [2.45, 2.75) is 13.8 Å². The lowest BCUT2D eigenvalue weighted by atomic mass is 10.1. The topological polar surface area (TPSA) is 78.3 Å². The van der Waals surface area contributed by atoms with Crippen LogP contribution in [0.1, 0.15) is 11.1 Å². The Bertz CT molecular complexity index is 399. The van der Waals surface area contributed by atoms with Gasteiger partial charge in [-0.3, -0.25) is 4.79 Å². The zero-order valence-electron chi connectivity index (χ0n) is 10.5. The molecule has 5 nitrogen and oxygen atoms in total. The quantitative estimate of drug-likeness (QED) is 0.778. The van der Waals surface area contributed by atoms with Crippen LogP contribution in [0.4, 0.5) is 0 Å². The van der Waals surface area contributed by atoms with Gasteiger partial charge < -0.3 is 4.90 Å². The molecule has 1 aromatic carbocycles. The highest BCUT2D eigenvalue weighted by Crippen LogP contribution is 2.02.